The number of hydrogen-bond acceptors (Lipinski definition) is 8. The van der Waals surface area contributed by atoms with Crippen LogP contribution in [-0.4, -0.2) is 67.2 Å². The number of anilines is 1. The van der Waals surface area contributed by atoms with Crippen molar-refractivity contribution in [3.8, 4) is 0 Å². The zero-order valence-corrected chi connectivity index (χ0v) is 17.2. The predicted molar refractivity (Wildman–Crippen MR) is 109 cm³/mol. The summed E-state index contributed by atoms with van der Waals surface area (Å²) in [5.41, 5.74) is 5.51. The molecule has 30 heavy (non-hydrogen) atoms. The molecule has 0 atom stereocenters. The Labute approximate surface area is 173 Å². The highest BCUT2D eigenvalue weighted by molar-refractivity contribution is 6.05. The van der Waals surface area contributed by atoms with Crippen LogP contribution in [0.2, 0.25) is 0 Å². The van der Waals surface area contributed by atoms with Crippen LogP contribution in [0.3, 0.4) is 0 Å². The largest absolute Gasteiger partial charge is 0.383 e. The molecule has 1 amide bonds. The molecule has 0 spiro atoms. The molecule has 1 heterocycles. The number of aromatic nitrogens is 1. The third kappa shape index (κ3) is 6.20. The first-order valence-electron chi connectivity index (χ1n) is 8.76. The van der Waals surface area contributed by atoms with Crippen LogP contribution >= 0.6 is 0 Å². The number of amidine groups is 1. The lowest BCUT2D eigenvalue weighted by molar-refractivity contribution is 0.0627. The molecule has 0 aliphatic rings. The number of nitrogens with zero attached hydrogens (tertiary/aromatic N) is 4. The molecule has 1 aromatic heterocycles. The lowest BCUT2D eigenvalue weighted by Gasteiger charge is -2.24. The van der Waals surface area contributed by atoms with Crippen molar-refractivity contribution < 1.29 is 23.0 Å². The highest BCUT2D eigenvalue weighted by Crippen LogP contribution is 2.22. The molecule has 0 saturated heterocycles. The molecule has 10 nitrogen and oxygen atoms in total. The van der Waals surface area contributed by atoms with Crippen molar-refractivity contribution in [3.63, 3.8) is 0 Å². The van der Waals surface area contributed by atoms with E-state index in [1.807, 2.05) is 0 Å². The van der Waals surface area contributed by atoms with Crippen LogP contribution in [0, 0.1) is 0 Å². The van der Waals surface area contributed by atoms with Gasteiger partial charge >= 0.3 is 0 Å². The smallest absolute Gasteiger partial charge is 0.255 e. The number of nitrogen functional groups attached to an aromatic ring is 1. The molecule has 0 aliphatic heterocycles. The van der Waals surface area contributed by atoms with E-state index < -0.39 is 17.4 Å². The first-order valence-corrected chi connectivity index (χ1v) is 8.76. The van der Waals surface area contributed by atoms with Gasteiger partial charge in [-0.25, -0.2) is 19.6 Å². The molecular weight excluding hydrogens is 400 g/mol. The van der Waals surface area contributed by atoms with Crippen molar-refractivity contribution in [2.45, 2.75) is 6.92 Å². The molecule has 166 valence electrons. The van der Waals surface area contributed by atoms with Crippen molar-refractivity contribution >= 4 is 17.6 Å². The summed E-state index contributed by atoms with van der Waals surface area (Å²) < 4.78 is 37.1. The van der Waals surface area contributed by atoms with Crippen molar-refractivity contribution in [1.29, 1.82) is 0 Å². The minimum absolute atomic E-state index is 0.0368. The molecule has 0 aliphatic carbocycles. The van der Waals surface area contributed by atoms with Crippen LogP contribution < -0.4 is 17.4 Å². The summed E-state index contributed by atoms with van der Waals surface area (Å²) in [4.78, 5) is 18.4. The number of carbonyl (C=O) groups is 1. The highest BCUT2D eigenvalue weighted by atomic mass is 19.2. The average molecular weight is 427 g/mol. The van der Waals surface area contributed by atoms with Gasteiger partial charge in [-0.1, -0.05) is 6.58 Å². The van der Waals surface area contributed by atoms with E-state index >= 15 is 0 Å². The molecule has 1 aromatic rings. The minimum Gasteiger partial charge on any atom is -0.383 e. The summed E-state index contributed by atoms with van der Waals surface area (Å²) in [7, 11) is 3.03. The Bertz CT molecular complexity index is 818. The number of amides is 1. The molecule has 6 N–H and O–H groups in total. The van der Waals surface area contributed by atoms with E-state index in [9.17, 15) is 13.6 Å². The van der Waals surface area contributed by atoms with Gasteiger partial charge in [-0.3, -0.25) is 9.80 Å². The monoisotopic (exact) mass is 427 g/mol. The quantitative estimate of drug-likeness (QED) is 0.164. The Hall–Kier alpha value is -3.09. The van der Waals surface area contributed by atoms with Crippen molar-refractivity contribution in [2.24, 2.45) is 16.8 Å². The molecule has 0 bridgehead atoms. The van der Waals surface area contributed by atoms with E-state index in [0.29, 0.717) is 31.3 Å². The number of nitrogens with two attached hydrogens (primary N) is 3. The first-order chi connectivity index (χ1) is 14.2. The van der Waals surface area contributed by atoms with Gasteiger partial charge in [0.05, 0.1) is 30.0 Å². The molecule has 0 radical (unpaired) electrons. The van der Waals surface area contributed by atoms with Crippen molar-refractivity contribution in [1.82, 2.24) is 14.9 Å². The van der Waals surface area contributed by atoms with Crippen LogP contribution in [0.1, 0.15) is 22.8 Å². The number of hydrazone groups is 1. The van der Waals surface area contributed by atoms with E-state index in [0.717, 1.165) is 6.92 Å². The summed E-state index contributed by atoms with van der Waals surface area (Å²) in [6.45, 7) is 5.52. The fraction of sp³-hybridized carbons (Fsp3) is 0.389. The number of hydrogen-bond donors (Lipinski definition) is 3. The number of carbonyl (C=O) groups excluding carboxylic acids is 1. The number of methoxy groups -OCH3 is 2. The fourth-order valence-corrected chi connectivity index (χ4v) is 2.37. The molecule has 0 unspecified atom stereocenters. The lowest BCUT2D eigenvalue weighted by atomic mass is 10.1. The third-order valence-electron chi connectivity index (χ3n) is 4.02. The molecule has 1 rings (SSSR count). The zero-order valence-electron chi connectivity index (χ0n) is 17.2. The fourth-order valence-electron chi connectivity index (χ4n) is 2.37. The van der Waals surface area contributed by atoms with Gasteiger partial charge in [0.15, 0.2) is 11.7 Å². The van der Waals surface area contributed by atoms with E-state index in [-0.39, 0.29) is 28.7 Å². The van der Waals surface area contributed by atoms with Crippen LogP contribution in [-0.2, 0) is 9.47 Å². The van der Waals surface area contributed by atoms with Gasteiger partial charge in [-0.15, -0.1) is 0 Å². The maximum absolute atomic E-state index is 13.9. The van der Waals surface area contributed by atoms with Crippen molar-refractivity contribution in [3.05, 3.63) is 47.3 Å². The lowest BCUT2D eigenvalue weighted by Crippen LogP contribution is -2.39. The molecule has 0 fully saturated rings. The van der Waals surface area contributed by atoms with E-state index in [1.54, 1.807) is 0 Å². The molecule has 12 heteroatoms. The number of rotatable bonds is 10. The SMILES string of the molecule is C=C(/C(F)=C(\C)F)N(N)/C(=N\N)c1cc(C(=O)N(CCOC)CCOC)cnc1N. The number of hydrazine groups is 1. The zero-order chi connectivity index (χ0) is 22.8. The second-order valence-corrected chi connectivity index (χ2v) is 6.05. The number of ether oxygens (including phenoxy) is 2. The van der Waals surface area contributed by atoms with E-state index in [1.165, 1.54) is 31.4 Å². The second-order valence-electron chi connectivity index (χ2n) is 6.05. The normalized spacial score (nSPS) is 12.4. The van der Waals surface area contributed by atoms with Gasteiger partial charge in [-0.05, 0) is 13.0 Å². The minimum atomic E-state index is -1.29. The summed E-state index contributed by atoms with van der Waals surface area (Å²) in [6, 6.07) is 1.35. The number of pyridine rings is 1. The second kappa shape index (κ2) is 11.8. The number of allylic oxidation sites excluding steroid dienone is 2. The van der Waals surface area contributed by atoms with Gasteiger partial charge in [0, 0.05) is 33.5 Å². The van der Waals surface area contributed by atoms with Crippen LogP contribution in [0.15, 0.2) is 41.3 Å². The van der Waals surface area contributed by atoms with E-state index in [4.69, 9.17) is 26.9 Å². The highest BCUT2D eigenvalue weighted by Gasteiger charge is 2.23. The third-order valence-corrected chi connectivity index (χ3v) is 4.02. The maximum Gasteiger partial charge on any atom is 0.255 e. The van der Waals surface area contributed by atoms with Crippen LogP contribution in [0.25, 0.3) is 0 Å². The maximum atomic E-state index is 13.9. The van der Waals surface area contributed by atoms with Gasteiger partial charge in [-0.2, -0.15) is 5.10 Å². The number of halogens is 2. The summed E-state index contributed by atoms with van der Waals surface area (Å²) in [5.74, 6) is 8.03. The van der Waals surface area contributed by atoms with Gasteiger partial charge in [0.2, 0.25) is 0 Å². The molecule has 0 saturated carbocycles. The first kappa shape index (κ1) is 24.9. The molecule has 0 aromatic carbocycles. The summed E-state index contributed by atoms with van der Waals surface area (Å²) in [6.07, 6.45) is 1.27. The van der Waals surface area contributed by atoms with E-state index in [2.05, 4.69) is 16.7 Å². The standard InChI is InChI=1S/C18H27F2N7O3/c1-11(19)15(20)12(2)27(23)17(25-22)14-9-13(10-24-16(14)21)18(28)26(5-7-29-3)6-8-30-4/h9-10H,2,5-8,22-23H2,1,3-4H3,(H2,21,24)/b15-11-,25-17-. The van der Waals surface area contributed by atoms with Crippen LogP contribution in [0.4, 0.5) is 14.6 Å². The van der Waals surface area contributed by atoms with Crippen LogP contribution in [0.5, 0.6) is 0 Å². The Morgan fingerprint density at radius 3 is 2.30 bits per heavy atom. The Balaban J connectivity index is 3.30. The topological polar surface area (TPSA) is 145 Å². The molecular formula is C18H27F2N7O3. The summed E-state index contributed by atoms with van der Waals surface area (Å²) in [5, 5.41) is 4.11. The van der Waals surface area contributed by atoms with Gasteiger partial charge in [0.1, 0.15) is 11.6 Å². The Morgan fingerprint density at radius 1 is 1.27 bits per heavy atom. The Kier molecular flexibility index (Phi) is 9.81. The van der Waals surface area contributed by atoms with Gasteiger partial charge < -0.3 is 25.9 Å². The van der Waals surface area contributed by atoms with Crippen molar-refractivity contribution in [2.75, 3.05) is 46.3 Å². The Morgan fingerprint density at radius 2 is 1.83 bits per heavy atom. The predicted octanol–water partition coefficient (Wildman–Crippen LogP) is 0.879. The summed E-state index contributed by atoms with van der Waals surface area (Å²) >= 11 is 0. The average Bonchev–Trinajstić information content (AvgIpc) is 2.73. The van der Waals surface area contributed by atoms with Gasteiger partial charge in [0.25, 0.3) is 5.91 Å².